The highest BCUT2D eigenvalue weighted by Gasteiger charge is 2.16. The number of carbonyl (C=O) groups is 1. The summed E-state index contributed by atoms with van der Waals surface area (Å²) in [5.41, 5.74) is -0.123. The maximum Gasteiger partial charge on any atom is 0.339 e. The van der Waals surface area contributed by atoms with Gasteiger partial charge in [0.05, 0.1) is 5.56 Å². The van der Waals surface area contributed by atoms with Gasteiger partial charge in [-0.15, -0.1) is 0 Å². The lowest BCUT2D eigenvalue weighted by molar-refractivity contribution is 0.0694. The van der Waals surface area contributed by atoms with Crippen LogP contribution in [0.15, 0.2) is 30.8 Å². The van der Waals surface area contributed by atoms with E-state index in [1.807, 2.05) is 0 Å². The fraction of sp³-hybridized carbons (Fsp3) is 0. The number of fused-ring (bicyclic) bond motifs is 1. The summed E-state index contributed by atoms with van der Waals surface area (Å²) >= 11 is 0. The van der Waals surface area contributed by atoms with Crippen molar-refractivity contribution < 1.29 is 25.2 Å². The van der Waals surface area contributed by atoms with E-state index in [1.165, 1.54) is 24.3 Å². The molecule has 0 aliphatic carbocycles. The summed E-state index contributed by atoms with van der Waals surface area (Å²) in [5.74, 6) is -2.25. The highest BCUT2D eigenvalue weighted by Crippen LogP contribution is 2.37. The molecule has 92 valence electrons. The van der Waals surface area contributed by atoms with Gasteiger partial charge in [-0.25, -0.2) is 4.79 Å². The summed E-state index contributed by atoms with van der Waals surface area (Å²) in [6, 6.07) is 5.31. The number of rotatable bonds is 2. The molecule has 0 aliphatic heterocycles. The zero-order valence-corrected chi connectivity index (χ0v) is 9.21. The van der Waals surface area contributed by atoms with E-state index in [0.717, 1.165) is 0 Å². The molecule has 0 radical (unpaired) electrons. The minimum Gasteiger partial charge on any atom is -0.508 e. The molecule has 18 heavy (non-hydrogen) atoms. The third-order valence-corrected chi connectivity index (χ3v) is 2.69. The van der Waals surface area contributed by atoms with Gasteiger partial charge in [0.1, 0.15) is 22.8 Å². The van der Waals surface area contributed by atoms with Gasteiger partial charge in [0.25, 0.3) is 0 Å². The smallest absolute Gasteiger partial charge is 0.339 e. The number of phenolic OH excluding ortho intramolecular Hbond substituents is 1. The first-order valence-electron chi connectivity index (χ1n) is 5.02. The van der Waals surface area contributed by atoms with Crippen molar-refractivity contribution in [1.29, 1.82) is 0 Å². The minimum atomic E-state index is -1.26. The maximum atomic E-state index is 10.8. The van der Waals surface area contributed by atoms with Gasteiger partial charge in [0.15, 0.2) is 0 Å². The summed E-state index contributed by atoms with van der Waals surface area (Å²) in [6.07, 6.45) is 0. The number of aromatic hydroxyl groups is 2. The molecule has 2 aromatic carbocycles. The average molecular weight is 246 g/mol. The standard InChI is InChI=1S/C13H10O5/c1-6(14)7-2-3-9-8(11(7)15)4-5-10(12(9)16)13(17)18/h2-5,14-16H,1H2,(H,17,18). The van der Waals surface area contributed by atoms with Gasteiger partial charge in [-0.3, -0.25) is 0 Å². The maximum absolute atomic E-state index is 10.8. The first kappa shape index (κ1) is 11.8. The second kappa shape index (κ2) is 3.96. The molecule has 0 saturated carbocycles. The number of benzene rings is 2. The predicted molar refractivity (Wildman–Crippen MR) is 65.9 cm³/mol. The minimum absolute atomic E-state index is 0.130. The molecule has 0 aliphatic rings. The third-order valence-electron chi connectivity index (χ3n) is 2.69. The Bertz CT molecular complexity index is 613. The molecular weight excluding hydrogens is 236 g/mol. The van der Waals surface area contributed by atoms with Crippen LogP contribution in [-0.4, -0.2) is 26.4 Å². The molecular formula is C13H10O5. The zero-order valence-electron chi connectivity index (χ0n) is 9.21. The average Bonchev–Trinajstić information content (AvgIpc) is 2.29. The molecule has 0 heterocycles. The van der Waals surface area contributed by atoms with E-state index in [1.54, 1.807) is 0 Å². The molecule has 0 amide bonds. The number of hydrogen-bond acceptors (Lipinski definition) is 4. The topological polar surface area (TPSA) is 98.0 Å². The largest absolute Gasteiger partial charge is 0.508 e. The number of carboxylic acids is 1. The van der Waals surface area contributed by atoms with Crippen LogP contribution in [0.25, 0.3) is 16.5 Å². The van der Waals surface area contributed by atoms with Crippen LogP contribution in [0.4, 0.5) is 0 Å². The number of aromatic carboxylic acids is 1. The summed E-state index contributed by atoms with van der Waals surface area (Å²) in [6.45, 7) is 3.30. The molecule has 0 unspecified atom stereocenters. The van der Waals surface area contributed by atoms with Crippen molar-refractivity contribution in [2.75, 3.05) is 0 Å². The van der Waals surface area contributed by atoms with Gasteiger partial charge in [0, 0.05) is 10.8 Å². The summed E-state index contributed by atoms with van der Waals surface area (Å²) in [4.78, 5) is 10.8. The fourth-order valence-electron chi connectivity index (χ4n) is 1.78. The lowest BCUT2D eigenvalue weighted by Gasteiger charge is -2.09. The summed E-state index contributed by atoms with van der Waals surface area (Å²) < 4.78 is 0. The van der Waals surface area contributed by atoms with Crippen molar-refractivity contribution in [3.8, 4) is 11.5 Å². The summed E-state index contributed by atoms with van der Waals surface area (Å²) in [7, 11) is 0. The van der Waals surface area contributed by atoms with Gasteiger partial charge in [-0.2, -0.15) is 0 Å². The fourth-order valence-corrected chi connectivity index (χ4v) is 1.78. The van der Waals surface area contributed by atoms with Crippen molar-refractivity contribution in [3.63, 3.8) is 0 Å². The van der Waals surface area contributed by atoms with Gasteiger partial charge >= 0.3 is 5.97 Å². The highest BCUT2D eigenvalue weighted by atomic mass is 16.4. The van der Waals surface area contributed by atoms with E-state index in [-0.39, 0.29) is 33.4 Å². The Kier molecular flexibility index (Phi) is 2.59. The van der Waals surface area contributed by atoms with E-state index in [2.05, 4.69) is 6.58 Å². The molecule has 0 atom stereocenters. The number of phenols is 2. The number of aliphatic hydroxyl groups is 1. The summed E-state index contributed by atoms with van der Waals surface area (Å²) in [5, 5.41) is 38.3. The van der Waals surface area contributed by atoms with Gasteiger partial charge < -0.3 is 20.4 Å². The van der Waals surface area contributed by atoms with Crippen molar-refractivity contribution in [2.45, 2.75) is 0 Å². The van der Waals surface area contributed by atoms with Gasteiger partial charge in [-0.05, 0) is 24.3 Å². The molecule has 5 nitrogen and oxygen atoms in total. The van der Waals surface area contributed by atoms with Crippen molar-refractivity contribution >= 4 is 22.5 Å². The molecule has 0 fully saturated rings. The van der Waals surface area contributed by atoms with E-state index < -0.39 is 11.7 Å². The molecule has 0 spiro atoms. The molecule has 2 aromatic rings. The van der Waals surface area contributed by atoms with Gasteiger partial charge in [0.2, 0.25) is 0 Å². The van der Waals surface area contributed by atoms with E-state index >= 15 is 0 Å². The Morgan fingerprint density at radius 3 is 1.78 bits per heavy atom. The molecule has 5 heteroatoms. The first-order chi connectivity index (χ1) is 8.43. The predicted octanol–water partition coefficient (Wildman–Crippen LogP) is 2.48. The SMILES string of the molecule is C=C(O)c1ccc2c(O)c(C(=O)O)ccc2c1O. The lowest BCUT2D eigenvalue weighted by atomic mass is 10.0. The Hall–Kier alpha value is -2.69. The zero-order chi connectivity index (χ0) is 13.4. The van der Waals surface area contributed by atoms with E-state index in [4.69, 9.17) is 5.11 Å². The van der Waals surface area contributed by atoms with E-state index in [9.17, 15) is 20.1 Å². The lowest BCUT2D eigenvalue weighted by Crippen LogP contribution is -1.97. The van der Waals surface area contributed by atoms with Crippen LogP contribution in [0.3, 0.4) is 0 Å². The molecule has 0 bridgehead atoms. The monoisotopic (exact) mass is 246 g/mol. The van der Waals surface area contributed by atoms with Crippen LogP contribution in [0, 0.1) is 0 Å². The van der Waals surface area contributed by atoms with E-state index in [0.29, 0.717) is 0 Å². The molecule has 0 aromatic heterocycles. The Labute approximate surface area is 102 Å². The van der Waals surface area contributed by atoms with Crippen molar-refractivity contribution in [2.24, 2.45) is 0 Å². The molecule has 0 saturated heterocycles. The van der Waals surface area contributed by atoms with Crippen molar-refractivity contribution in [3.05, 3.63) is 42.0 Å². The molecule has 4 N–H and O–H groups in total. The van der Waals surface area contributed by atoms with Crippen LogP contribution in [0.2, 0.25) is 0 Å². The van der Waals surface area contributed by atoms with Crippen LogP contribution in [-0.2, 0) is 0 Å². The second-order valence-corrected chi connectivity index (χ2v) is 3.77. The highest BCUT2D eigenvalue weighted by molar-refractivity contribution is 6.03. The number of aliphatic hydroxyl groups excluding tert-OH is 1. The third kappa shape index (κ3) is 1.62. The first-order valence-corrected chi connectivity index (χ1v) is 5.02. The normalized spacial score (nSPS) is 10.4. The molecule has 2 rings (SSSR count). The van der Waals surface area contributed by atoms with Crippen molar-refractivity contribution in [1.82, 2.24) is 0 Å². The Balaban J connectivity index is 2.83. The van der Waals surface area contributed by atoms with Crippen LogP contribution >= 0.6 is 0 Å². The van der Waals surface area contributed by atoms with Crippen LogP contribution in [0.5, 0.6) is 11.5 Å². The quantitative estimate of drug-likeness (QED) is 0.610. The van der Waals surface area contributed by atoms with Gasteiger partial charge in [-0.1, -0.05) is 6.58 Å². The Morgan fingerprint density at radius 2 is 1.33 bits per heavy atom. The Morgan fingerprint density at radius 1 is 0.889 bits per heavy atom. The second-order valence-electron chi connectivity index (χ2n) is 3.77. The number of hydrogen-bond donors (Lipinski definition) is 4. The van der Waals surface area contributed by atoms with Crippen LogP contribution < -0.4 is 0 Å². The number of carboxylic acid groups (broad SMARTS) is 1. The van der Waals surface area contributed by atoms with Crippen LogP contribution in [0.1, 0.15) is 15.9 Å².